The summed E-state index contributed by atoms with van der Waals surface area (Å²) in [5.74, 6) is 0.907. The van der Waals surface area contributed by atoms with Crippen molar-refractivity contribution >= 4 is 33.5 Å². The predicted octanol–water partition coefficient (Wildman–Crippen LogP) is 1.51. The van der Waals surface area contributed by atoms with Crippen LogP contribution in [0.3, 0.4) is 0 Å². The molecule has 1 rings (SSSR count). The van der Waals surface area contributed by atoms with Gasteiger partial charge in [0.1, 0.15) is 5.69 Å². The minimum absolute atomic E-state index is 0.0775. The smallest absolute Gasteiger partial charge is 0.184 e. The van der Waals surface area contributed by atoms with Crippen molar-refractivity contribution in [1.82, 2.24) is 15.0 Å². The van der Waals surface area contributed by atoms with E-state index in [0.717, 1.165) is 5.75 Å². The Balaban J connectivity index is 2.76. The largest absolute Gasteiger partial charge is 0.292 e. The van der Waals surface area contributed by atoms with Crippen molar-refractivity contribution in [3.8, 4) is 0 Å². The van der Waals surface area contributed by atoms with Crippen LogP contribution in [0.5, 0.6) is 0 Å². The Morgan fingerprint density at radius 1 is 1.69 bits per heavy atom. The van der Waals surface area contributed by atoms with Gasteiger partial charge in [-0.2, -0.15) is 11.8 Å². The van der Waals surface area contributed by atoms with Crippen LogP contribution in [0.4, 0.5) is 0 Å². The van der Waals surface area contributed by atoms with Crippen LogP contribution in [0.15, 0.2) is 4.60 Å². The molecule has 0 spiro atoms. The fraction of sp³-hybridized carbons (Fsp3) is 0.571. The Morgan fingerprint density at radius 3 is 2.85 bits per heavy atom. The number of nitrogens with zero attached hydrogens (tertiary/aromatic N) is 3. The van der Waals surface area contributed by atoms with Gasteiger partial charge < -0.3 is 0 Å². The molecule has 0 aliphatic carbocycles. The number of halogens is 1. The van der Waals surface area contributed by atoms with Crippen molar-refractivity contribution in [2.75, 3.05) is 12.0 Å². The highest BCUT2D eigenvalue weighted by molar-refractivity contribution is 9.10. The van der Waals surface area contributed by atoms with Gasteiger partial charge in [0.2, 0.25) is 0 Å². The number of aromatic nitrogens is 3. The number of ketones is 1. The third-order valence-corrected chi connectivity index (χ3v) is 2.73. The molecule has 0 aliphatic heterocycles. The fourth-order valence-corrected chi connectivity index (χ4v) is 1.88. The minimum atomic E-state index is 0.0775. The lowest BCUT2D eigenvalue weighted by atomic mass is 10.2. The molecule has 0 N–H and O–H groups in total. The fourth-order valence-electron chi connectivity index (χ4n) is 0.941. The average Bonchev–Trinajstić information content (AvgIpc) is 2.42. The number of rotatable bonds is 4. The zero-order chi connectivity index (χ0) is 9.84. The van der Waals surface area contributed by atoms with E-state index in [0.29, 0.717) is 16.7 Å². The number of hydrogen-bond acceptors (Lipinski definition) is 4. The lowest BCUT2D eigenvalue weighted by Crippen LogP contribution is -2.08. The maximum absolute atomic E-state index is 11.6. The summed E-state index contributed by atoms with van der Waals surface area (Å²) in [6.07, 6.45) is 2.50. The summed E-state index contributed by atoms with van der Waals surface area (Å²) in [7, 11) is 1.71. The maximum Gasteiger partial charge on any atom is 0.184 e. The molecule has 0 fully saturated rings. The Hall–Kier alpha value is -0.360. The SMILES string of the molecule is CSCCC(=O)c1c(Br)nnn1C. The highest BCUT2D eigenvalue weighted by Gasteiger charge is 2.15. The summed E-state index contributed by atoms with van der Waals surface area (Å²) in [6.45, 7) is 0. The van der Waals surface area contributed by atoms with E-state index < -0.39 is 0 Å². The molecule has 0 aliphatic rings. The van der Waals surface area contributed by atoms with Gasteiger partial charge in [0.15, 0.2) is 10.4 Å². The molecule has 4 nitrogen and oxygen atoms in total. The van der Waals surface area contributed by atoms with Gasteiger partial charge in [-0.05, 0) is 22.2 Å². The molecule has 1 heterocycles. The summed E-state index contributed by atoms with van der Waals surface area (Å²) in [6, 6.07) is 0. The van der Waals surface area contributed by atoms with Crippen LogP contribution in [-0.2, 0) is 7.05 Å². The van der Waals surface area contributed by atoms with Crippen molar-refractivity contribution in [2.24, 2.45) is 7.05 Å². The molecule has 0 radical (unpaired) electrons. The first-order valence-corrected chi connectivity index (χ1v) is 5.92. The van der Waals surface area contributed by atoms with Crippen molar-refractivity contribution in [3.05, 3.63) is 10.3 Å². The monoisotopic (exact) mass is 263 g/mol. The van der Waals surface area contributed by atoms with Crippen LogP contribution in [0, 0.1) is 0 Å². The molecule has 0 saturated heterocycles. The number of thioether (sulfide) groups is 1. The number of Topliss-reactive ketones (excluding diaryl/α,β-unsaturated/α-hetero) is 1. The molecule has 0 unspecified atom stereocenters. The molecule has 0 aromatic carbocycles. The third kappa shape index (κ3) is 2.54. The zero-order valence-corrected chi connectivity index (χ0v) is 9.85. The number of aryl methyl sites for hydroxylation is 1. The number of carbonyl (C=O) groups is 1. The van der Waals surface area contributed by atoms with E-state index in [1.54, 1.807) is 18.8 Å². The highest BCUT2D eigenvalue weighted by Crippen LogP contribution is 2.14. The van der Waals surface area contributed by atoms with Crippen LogP contribution < -0.4 is 0 Å². The number of hydrogen-bond donors (Lipinski definition) is 0. The van der Waals surface area contributed by atoms with Crippen LogP contribution in [0.25, 0.3) is 0 Å². The van der Waals surface area contributed by atoms with Crippen LogP contribution in [-0.4, -0.2) is 32.8 Å². The summed E-state index contributed by atoms with van der Waals surface area (Å²) in [5.41, 5.74) is 0.550. The molecule has 0 bridgehead atoms. The lowest BCUT2D eigenvalue weighted by Gasteiger charge is -1.98. The molecule has 6 heteroatoms. The summed E-state index contributed by atoms with van der Waals surface area (Å²) >= 11 is 4.84. The van der Waals surface area contributed by atoms with Crippen molar-refractivity contribution < 1.29 is 4.79 Å². The van der Waals surface area contributed by atoms with E-state index in [2.05, 4.69) is 26.2 Å². The molecule has 13 heavy (non-hydrogen) atoms. The zero-order valence-electron chi connectivity index (χ0n) is 7.45. The van der Waals surface area contributed by atoms with E-state index >= 15 is 0 Å². The van der Waals surface area contributed by atoms with E-state index in [-0.39, 0.29) is 5.78 Å². The van der Waals surface area contributed by atoms with E-state index in [4.69, 9.17) is 0 Å². The van der Waals surface area contributed by atoms with Gasteiger partial charge in [-0.25, -0.2) is 4.68 Å². The highest BCUT2D eigenvalue weighted by atomic mass is 79.9. The summed E-state index contributed by atoms with van der Waals surface area (Å²) in [5, 5.41) is 7.48. The Bertz CT molecular complexity index is 293. The van der Waals surface area contributed by atoms with Gasteiger partial charge >= 0.3 is 0 Å². The minimum Gasteiger partial charge on any atom is -0.292 e. The lowest BCUT2D eigenvalue weighted by molar-refractivity contribution is 0.0980. The molecule has 0 atom stereocenters. The Morgan fingerprint density at radius 2 is 2.38 bits per heavy atom. The first kappa shape index (κ1) is 10.7. The van der Waals surface area contributed by atoms with Gasteiger partial charge in [-0.3, -0.25) is 4.79 Å². The van der Waals surface area contributed by atoms with E-state index in [1.165, 1.54) is 4.68 Å². The van der Waals surface area contributed by atoms with Crippen molar-refractivity contribution in [3.63, 3.8) is 0 Å². The maximum atomic E-state index is 11.6. The predicted molar refractivity (Wildman–Crippen MR) is 56.0 cm³/mol. The Labute approximate surface area is 89.2 Å². The standard InChI is InChI=1S/C7H10BrN3OS/c1-11-6(7(8)9-10-11)5(12)3-4-13-2/h3-4H2,1-2H3. The summed E-state index contributed by atoms with van der Waals surface area (Å²) < 4.78 is 2.02. The topological polar surface area (TPSA) is 47.8 Å². The third-order valence-electron chi connectivity index (χ3n) is 1.58. The Kier molecular flexibility index (Phi) is 3.92. The van der Waals surface area contributed by atoms with Crippen LogP contribution in [0.2, 0.25) is 0 Å². The van der Waals surface area contributed by atoms with Gasteiger partial charge in [-0.15, -0.1) is 5.10 Å². The van der Waals surface area contributed by atoms with E-state index in [9.17, 15) is 4.79 Å². The number of carbonyl (C=O) groups excluding carboxylic acids is 1. The molecular weight excluding hydrogens is 254 g/mol. The first-order chi connectivity index (χ1) is 6.16. The van der Waals surface area contributed by atoms with E-state index in [1.807, 2.05) is 6.26 Å². The van der Waals surface area contributed by atoms with Gasteiger partial charge in [0.05, 0.1) is 0 Å². The van der Waals surface area contributed by atoms with Gasteiger partial charge in [-0.1, -0.05) is 5.21 Å². The quantitative estimate of drug-likeness (QED) is 0.773. The van der Waals surface area contributed by atoms with Gasteiger partial charge in [0.25, 0.3) is 0 Å². The summed E-state index contributed by atoms with van der Waals surface area (Å²) in [4.78, 5) is 11.6. The van der Waals surface area contributed by atoms with Crippen LogP contribution in [0.1, 0.15) is 16.9 Å². The molecule has 1 aromatic heterocycles. The first-order valence-electron chi connectivity index (χ1n) is 3.74. The second-order valence-corrected chi connectivity index (χ2v) is 4.26. The average molecular weight is 264 g/mol. The normalized spacial score (nSPS) is 10.4. The molecule has 72 valence electrons. The van der Waals surface area contributed by atoms with Crippen LogP contribution >= 0.6 is 27.7 Å². The van der Waals surface area contributed by atoms with Crippen molar-refractivity contribution in [2.45, 2.75) is 6.42 Å². The molecular formula is C7H10BrN3OS. The molecule has 1 aromatic rings. The second kappa shape index (κ2) is 4.76. The van der Waals surface area contributed by atoms with Gasteiger partial charge in [0, 0.05) is 19.2 Å². The second-order valence-electron chi connectivity index (χ2n) is 2.52. The molecule has 0 saturated carbocycles. The molecule has 0 amide bonds. The van der Waals surface area contributed by atoms with Crippen molar-refractivity contribution in [1.29, 1.82) is 0 Å².